The fourth-order valence-electron chi connectivity index (χ4n) is 3.54. The number of benzene rings is 1. The second-order valence-corrected chi connectivity index (χ2v) is 6.10. The summed E-state index contributed by atoms with van der Waals surface area (Å²) in [4.78, 5) is 12.3. The fraction of sp³-hybridized carbons (Fsp3) is 0.533. The normalized spacial score (nSPS) is 31.4. The maximum atomic E-state index is 12.3. The lowest BCUT2D eigenvalue weighted by Gasteiger charge is -2.54. The monoisotopic (exact) mass is 260 g/mol. The molecule has 3 atom stereocenters. The summed E-state index contributed by atoms with van der Waals surface area (Å²) in [5, 5.41) is 3.14. The largest absolute Gasteiger partial charge is 0.398 e. The van der Waals surface area contributed by atoms with Crippen molar-refractivity contribution >= 4 is 11.6 Å². The van der Waals surface area contributed by atoms with Crippen molar-refractivity contribution in [1.29, 1.82) is 0 Å². The molecule has 1 aromatic rings. The predicted molar refractivity (Wildman–Crippen MR) is 73.7 cm³/mol. The lowest BCUT2D eigenvalue weighted by Crippen LogP contribution is -2.66. The Morgan fingerprint density at radius 1 is 1.42 bits per heavy atom. The van der Waals surface area contributed by atoms with E-state index in [1.807, 2.05) is 12.1 Å². The highest BCUT2D eigenvalue weighted by molar-refractivity contribution is 5.99. The molecule has 3 N–H and O–H groups in total. The molecule has 1 aliphatic carbocycles. The molecule has 1 aromatic carbocycles. The highest BCUT2D eigenvalue weighted by Gasteiger charge is 2.59. The molecule has 0 bridgehead atoms. The molecule has 1 aliphatic heterocycles. The van der Waals surface area contributed by atoms with Crippen molar-refractivity contribution in [1.82, 2.24) is 5.32 Å². The van der Waals surface area contributed by atoms with Crippen LogP contribution in [0.5, 0.6) is 0 Å². The number of nitrogens with one attached hydrogen (secondary N) is 1. The number of nitrogens with two attached hydrogens (primary N) is 1. The quantitative estimate of drug-likeness (QED) is 0.797. The van der Waals surface area contributed by atoms with Crippen LogP contribution in [0.3, 0.4) is 0 Å². The first-order valence-corrected chi connectivity index (χ1v) is 6.79. The van der Waals surface area contributed by atoms with Crippen molar-refractivity contribution in [2.45, 2.75) is 32.4 Å². The first kappa shape index (κ1) is 12.5. The summed E-state index contributed by atoms with van der Waals surface area (Å²) in [6, 6.07) is 7.35. The van der Waals surface area contributed by atoms with E-state index in [0.29, 0.717) is 17.2 Å². The molecule has 3 unspecified atom stereocenters. The molecule has 2 fully saturated rings. The Balaban J connectivity index is 1.76. The molecule has 19 heavy (non-hydrogen) atoms. The summed E-state index contributed by atoms with van der Waals surface area (Å²) < 4.78 is 5.73. The number of ether oxygens (including phenoxy) is 1. The van der Waals surface area contributed by atoms with Crippen molar-refractivity contribution in [2.24, 2.45) is 11.3 Å². The molecule has 0 radical (unpaired) electrons. The lowest BCUT2D eigenvalue weighted by molar-refractivity contribution is -0.108. The number of hydrogen-bond donors (Lipinski definition) is 2. The number of nitrogen functional groups attached to an aromatic ring is 1. The minimum absolute atomic E-state index is 0.000366. The number of carbonyl (C=O) groups is 1. The van der Waals surface area contributed by atoms with Crippen LogP contribution in [0.15, 0.2) is 24.3 Å². The Morgan fingerprint density at radius 2 is 2.16 bits per heavy atom. The van der Waals surface area contributed by atoms with Crippen LogP contribution in [0.25, 0.3) is 0 Å². The first-order chi connectivity index (χ1) is 9.01. The molecular formula is C15H20N2O2. The minimum atomic E-state index is -0.0819. The molecule has 102 valence electrons. The van der Waals surface area contributed by atoms with Gasteiger partial charge in [-0.05, 0) is 18.6 Å². The molecule has 4 heteroatoms. The summed E-state index contributed by atoms with van der Waals surface area (Å²) in [6.45, 7) is 5.11. The summed E-state index contributed by atoms with van der Waals surface area (Å²) in [5.41, 5.74) is 6.93. The maximum Gasteiger partial charge on any atom is 0.253 e. The van der Waals surface area contributed by atoms with E-state index in [0.717, 1.165) is 13.0 Å². The molecule has 4 nitrogen and oxygen atoms in total. The van der Waals surface area contributed by atoms with E-state index in [1.54, 1.807) is 12.1 Å². The van der Waals surface area contributed by atoms with E-state index >= 15 is 0 Å². The van der Waals surface area contributed by atoms with E-state index in [2.05, 4.69) is 19.2 Å². The van der Waals surface area contributed by atoms with Gasteiger partial charge in [0.25, 0.3) is 5.91 Å². The van der Waals surface area contributed by atoms with Crippen LogP contribution in [0.1, 0.15) is 30.6 Å². The van der Waals surface area contributed by atoms with Crippen LogP contribution in [0.2, 0.25) is 0 Å². The summed E-state index contributed by atoms with van der Waals surface area (Å²) >= 11 is 0. The number of anilines is 1. The summed E-state index contributed by atoms with van der Waals surface area (Å²) in [6.07, 6.45) is 1.31. The average molecular weight is 260 g/mol. The molecule has 2 aliphatic rings. The number of carbonyl (C=O) groups excluding carboxylic acids is 1. The fourth-order valence-corrected chi connectivity index (χ4v) is 3.54. The molecule has 1 saturated heterocycles. The van der Waals surface area contributed by atoms with Gasteiger partial charge in [0, 0.05) is 29.7 Å². The SMILES string of the molecule is CC1(C)C(NC(=O)c2ccccc2N)C2CCOC21. The van der Waals surface area contributed by atoms with E-state index in [-0.39, 0.29) is 23.5 Å². The van der Waals surface area contributed by atoms with Crippen LogP contribution in [0.4, 0.5) is 5.69 Å². The lowest BCUT2D eigenvalue weighted by atomic mass is 9.57. The van der Waals surface area contributed by atoms with Gasteiger partial charge in [-0.15, -0.1) is 0 Å². The van der Waals surface area contributed by atoms with Gasteiger partial charge in [-0.1, -0.05) is 26.0 Å². The van der Waals surface area contributed by atoms with Crippen molar-refractivity contribution < 1.29 is 9.53 Å². The van der Waals surface area contributed by atoms with Crippen LogP contribution in [-0.2, 0) is 4.74 Å². The Hall–Kier alpha value is -1.55. The molecular weight excluding hydrogens is 240 g/mol. The predicted octanol–water partition coefficient (Wildman–Crippen LogP) is 1.81. The van der Waals surface area contributed by atoms with Gasteiger partial charge in [0.2, 0.25) is 0 Å². The molecule has 1 amide bonds. The van der Waals surface area contributed by atoms with Crippen LogP contribution in [-0.4, -0.2) is 24.7 Å². The number of amides is 1. The molecule has 0 spiro atoms. The van der Waals surface area contributed by atoms with Crippen molar-refractivity contribution in [3.05, 3.63) is 29.8 Å². The maximum absolute atomic E-state index is 12.3. The molecule has 1 heterocycles. The van der Waals surface area contributed by atoms with Gasteiger partial charge in [0.1, 0.15) is 0 Å². The molecule has 3 rings (SSSR count). The number of hydrogen-bond acceptors (Lipinski definition) is 3. The van der Waals surface area contributed by atoms with Crippen molar-refractivity contribution in [2.75, 3.05) is 12.3 Å². The highest BCUT2D eigenvalue weighted by atomic mass is 16.5. The zero-order valence-electron chi connectivity index (χ0n) is 11.3. The van der Waals surface area contributed by atoms with Gasteiger partial charge in [0.15, 0.2) is 0 Å². The van der Waals surface area contributed by atoms with Gasteiger partial charge >= 0.3 is 0 Å². The van der Waals surface area contributed by atoms with Gasteiger partial charge in [-0.3, -0.25) is 4.79 Å². The van der Waals surface area contributed by atoms with E-state index in [1.165, 1.54) is 0 Å². The third kappa shape index (κ3) is 1.82. The van der Waals surface area contributed by atoms with Crippen molar-refractivity contribution in [3.8, 4) is 0 Å². The summed E-state index contributed by atoms with van der Waals surface area (Å²) in [5.74, 6) is 0.366. The van der Waals surface area contributed by atoms with Gasteiger partial charge in [-0.25, -0.2) is 0 Å². The Morgan fingerprint density at radius 3 is 2.89 bits per heavy atom. The highest BCUT2D eigenvalue weighted by Crippen LogP contribution is 2.52. The second kappa shape index (κ2) is 4.23. The summed E-state index contributed by atoms with van der Waals surface area (Å²) in [7, 11) is 0. The number of fused-ring (bicyclic) bond motifs is 1. The third-order valence-corrected chi connectivity index (χ3v) is 4.59. The zero-order chi connectivity index (χ0) is 13.6. The first-order valence-electron chi connectivity index (χ1n) is 6.79. The number of rotatable bonds is 2. The smallest absolute Gasteiger partial charge is 0.253 e. The minimum Gasteiger partial charge on any atom is -0.398 e. The van der Waals surface area contributed by atoms with Crippen LogP contribution < -0.4 is 11.1 Å². The van der Waals surface area contributed by atoms with Crippen LogP contribution in [0, 0.1) is 11.3 Å². The average Bonchev–Trinajstić information content (AvgIpc) is 2.83. The van der Waals surface area contributed by atoms with Crippen molar-refractivity contribution in [3.63, 3.8) is 0 Å². The topological polar surface area (TPSA) is 64.4 Å². The van der Waals surface area contributed by atoms with E-state index in [4.69, 9.17) is 10.5 Å². The Kier molecular flexibility index (Phi) is 2.78. The van der Waals surface area contributed by atoms with E-state index in [9.17, 15) is 4.79 Å². The van der Waals surface area contributed by atoms with Gasteiger partial charge in [0.05, 0.1) is 11.7 Å². The van der Waals surface area contributed by atoms with E-state index < -0.39 is 0 Å². The standard InChI is InChI=1S/C15H20N2O2/c1-15(2)12(10-7-8-19-13(10)15)17-14(18)9-5-3-4-6-11(9)16/h3-6,10,12-13H,7-8,16H2,1-2H3,(H,17,18). The number of para-hydroxylation sites is 1. The Labute approximate surface area is 113 Å². The van der Waals surface area contributed by atoms with Gasteiger partial charge < -0.3 is 15.8 Å². The second-order valence-electron chi connectivity index (χ2n) is 6.10. The third-order valence-electron chi connectivity index (χ3n) is 4.59. The zero-order valence-corrected chi connectivity index (χ0v) is 11.3. The van der Waals surface area contributed by atoms with Crippen LogP contribution >= 0.6 is 0 Å². The molecule has 1 saturated carbocycles. The Bertz CT molecular complexity index is 513. The van der Waals surface area contributed by atoms with Gasteiger partial charge in [-0.2, -0.15) is 0 Å². The molecule has 0 aromatic heterocycles.